The quantitative estimate of drug-likeness (QED) is 0.530. The molecule has 3 aromatic carbocycles. The molecule has 0 N–H and O–H groups in total. The molecule has 34 heavy (non-hydrogen) atoms. The average Bonchev–Trinajstić information content (AvgIpc) is 3.12. The number of imide groups is 1. The third kappa shape index (κ3) is 4.52. The molecule has 0 atom stereocenters. The molecule has 172 valence electrons. The van der Waals surface area contributed by atoms with Crippen molar-refractivity contribution in [2.24, 2.45) is 0 Å². The van der Waals surface area contributed by atoms with Crippen LogP contribution in [0.25, 0.3) is 5.57 Å². The molecular weight excluding hydrogens is 422 g/mol. The van der Waals surface area contributed by atoms with Crippen LogP contribution in [0, 0.1) is 6.92 Å². The fourth-order valence-corrected chi connectivity index (χ4v) is 4.71. The number of aryl methyl sites for hydroxylation is 1. The maximum atomic E-state index is 13.6. The van der Waals surface area contributed by atoms with Crippen molar-refractivity contribution in [3.63, 3.8) is 0 Å². The normalized spacial score (nSPS) is 17.1. The number of rotatable bonds is 6. The smallest absolute Gasteiger partial charge is 0.278 e. The Morgan fingerprint density at radius 1 is 0.647 bits per heavy atom. The van der Waals surface area contributed by atoms with E-state index in [1.165, 1.54) is 10.5 Å². The molecule has 5 nitrogen and oxygen atoms in total. The van der Waals surface area contributed by atoms with Crippen LogP contribution in [0.15, 0.2) is 90.6 Å². The topological polar surface area (TPSA) is 43.9 Å². The van der Waals surface area contributed by atoms with Crippen LogP contribution in [-0.2, 0) is 22.7 Å². The molecule has 5 rings (SSSR count). The van der Waals surface area contributed by atoms with Crippen molar-refractivity contribution >= 4 is 17.4 Å². The first-order valence-electron chi connectivity index (χ1n) is 11.8. The van der Waals surface area contributed by atoms with Gasteiger partial charge in [0.1, 0.15) is 5.70 Å². The summed E-state index contributed by atoms with van der Waals surface area (Å²) < 4.78 is 0. The van der Waals surface area contributed by atoms with Gasteiger partial charge in [-0.3, -0.25) is 19.4 Å². The Hall–Kier alpha value is -3.70. The fourth-order valence-electron chi connectivity index (χ4n) is 4.71. The van der Waals surface area contributed by atoms with E-state index in [1.807, 2.05) is 67.6 Å². The van der Waals surface area contributed by atoms with Gasteiger partial charge in [0.15, 0.2) is 0 Å². The SMILES string of the molecule is Cc1ccc(CN2C(=O)C(c3ccccc3)=C(N3CCN(Cc4ccccc4)CC3)C2=O)cc1. The van der Waals surface area contributed by atoms with Crippen LogP contribution in [0.2, 0.25) is 0 Å². The number of hydrogen-bond acceptors (Lipinski definition) is 4. The first kappa shape index (κ1) is 22.1. The summed E-state index contributed by atoms with van der Waals surface area (Å²) in [7, 11) is 0. The molecule has 0 saturated carbocycles. The minimum atomic E-state index is -0.210. The molecule has 2 aliphatic heterocycles. The molecule has 2 amide bonds. The minimum Gasteiger partial charge on any atom is -0.364 e. The minimum absolute atomic E-state index is 0.194. The highest BCUT2D eigenvalue weighted by molar-refractivity contribution is 6.35. The van der Waals surface area contributed by atoms with Gasteiger partial charge in [-0.05, 0) is 23.6 Å². The molecule has 1 saturated heterocycles. The van der Waals surface area contributed by atoms with Crippen LogP contribution >= 0.6 is 0 Å². The lowest BCUT2D eigenvalue weighted by Gasteiger charge is -2.36. The zero-order valence-corrected chi connectivity index (χ0v) is 19.5. The van der Waals surface area contributed by atoms with E-state index >= 15 is 0 Å². The largest absolute Gasteiger partial charge is 0.364 e. The number of carbonyl (C=O) groups is 2. The molecule has 0 bridgehead atoms. The van der Waals surface area contributed by atoms with Crippen LogP contribution in [0.1, 0.15) is 22.3 Å². The molecule has 0 unspecified atom stereocenters. The highest BCUT2D eigenvalue weighted by Crippen LogP contribution is 2.33. The molecule has 0 radical (unpaired) electrons. The summed E-state index contributed by atoms with van der Waals surface area (Å²) >= 11 is 0. The first-order chi connectivity index (χ1) is 16.6. The van der Waals surface area contributed by atoms with Crippen LogP contribution in [-0.4, -0.2) is 52.7 Å². The van der Waals surface area contributed by atoms with Gasteiger partial charge >= 0.3 is 0 Å². The lowest BCUT2D eigenvalue weighted by atomic mass is 10.0. The molecule has 0 spiro atoms. The Balaban J connectivity index is 1.38. The number of benzene rings is 3. The Morgan fingerprint density at radius 2 is 1.24 bits per heavy atom. The van der Waals surface area contributed by atoms with Gasteiger partial charge in [0.05, 0.1) is 12.1 Å². The van der Waals surface area contributed by atoms with E-state index in [0.29, 0.717) is 11.3 Å². The monoisotopic (exact) mass is 451 g/mol. The van der Waals surface area contributed by atoms with Gasteiger partial charge in [-0.2, -0.15) is 0 Å². The summed E-state index contributed by atoms with van der Waals surface area (Å²) in [6, 6.07) is 28.0. The molecule has 2 heterocycles. The van der Waals surface area contributed by atoms with Crippen molar-refractivity contribution in [2.45, 2.75) is 20.0 Å². The summed E-state index contributed by atoms with van der Waals surface area (Å²) in [5.41, 5.74) is 5.26. The van der Waals surface area contributed by atoms with Crippen molar-refractivity contribution in [3.8, 4) is 0 Å². The van der Waals surface area contributed by atoms with E-state index in [1.54, 1.807) is 0 Å². The second-order valence-electron chi connectivity index (χ2n) is 9.02. The van der Waals surface area contributed by atoms with Crippen molar-refractivity contribution in [1.29, 1.82) is 0 Å². The van der Waals surface area contributed by atoms with Gasteiger partial charge in [-0.1, -0.05) is 90.5 Å². The van der Waals surface area contributed by atoms with E-state index in [-0.39, 0.29) is 18.4 Å². The Kier molecular flexibility index (Phi) is 6.28. The molecule has 0 aliphatic carbocycles. The Morgan fingerprint density at radius 3 is 1.88 bits per heavy atom. The number of piperazine rings is 1. The fraction of sp³-hybridized carbons (Fsp3) is 0.241. The Labute approximate surface area is 200 Å². The van der Waals surface area contributed by atoms with Gasteiger partial charge in [-0.25, -0.2) is 0 Å². The van der Waals surface area contributed by atoms with Gasteiger partial charge < -0.3 is 4.90 Å². The predicted octanol–water partition coefficient (Wildman–Crippen LogP) is 4.09. The summed E-state index contributed by atoms with van der Waals surface area (Å²) in [5, 5.41) is 0. The van der Waals surface area contributed by atoms with Crippen LogP contribution in [0.3, 0.4) is 0 Å². The third-order valence-corrected chi connectivity index (χ3v) is 6.60. The summed E-state index contributed by atoms with van der Waals surface area (Å²) in [6.45, 7) is 6.34. The van der Waals surface area contributed by atoms with Gasteiger partial charge in [0.2, 0.25) is 0 Å². The molecule has 1 fully saturated rings. The highest BCUT2D eigenvalue weighted by atomic mass is 16.2. The van der Waals surface area contributed by atoms with Crippen molar-refractivity contribution in [3.05, 3.63) is 113 Å². The predicted molar refractivity (Wildman–Crippen MR) is 133 cm³/mol. The van der Waals surface area contributed by atoms with E-state index in [2.05, 4.69) is 34.1 Å². The van der Waals surface area contributed by atoms with Crippen molar-refractivity contribution in [2.75, 3.05) is 26.2 Å². The van der Waals surface area contributed by atoms with E-state index in [4.69, 9.17) is 0 Å². The van der Waals surface area contributed by atoms with Gasteiger partial charge in [-0.15, -0.1) is 0 Å². The number of amides is 2. The summed E-state index contributed by atoms with van der Waals surface area (Å²) in [5.74, 6) is -0.403. The van der Waals surface area contributed by atoms with Crippen molar-refractivity contribution in [1.82, 2.24) is 14.7 Å². The maximum Gasteiger partial charge on any atom is 0.278 e. The maximum absolute atomic E-state index is 13.6. The average molecular weight is 452 g/mol. The lowest BCUT2D eigenvalue weighted by Crippen LogP contribution is -2.47. The highest BCUT2D eigenvalue weighted by Gasteiger charge is 2.42. The Bertz CT molecular complexity index is 1200. The molecule has 2 aliphatic rings. The number of nitrogens with zero attached hydrogens (tertiary/aromatic N) is 3. The standard InChI is InChI=1S/C29H29N3O2/c1-22-12-14-24(15-13-22)21-32-28(33)26(25-10-6-3-7-11-25)27(29(32)34)31-18-16-30(17-19-31)20-23-8-4-2-5-9-23/h2-15H,16-21H2,1H3. The molecule has 0 aromatic heterocycles. The molecule has 5 heteroatoms. The van der Waals surface area contributed by atoms with Gasteiger partial charge in [0.25, 0.3) is 11.8 Å². The van der Waals surface area contributed by atoms with Crippen LogP contribution in [0.4, 0.5) is 0 Å². The van der Waals surface area contributed by atoms with Crippen molar-refractivity contribution < 1.29 is 9.59 Å². The van der Waals surface area contributed by atoms with E-state index in [0.717, 1.165) is 49.4 Å². The van der Waals surface area contributed by atoms with E-state index < -0.39 is 0 Å². The lowest BCUT2D eigenvalue weighted by molar-refractivity contribution is -0.138. The summed E-state index contributed by atoms with van der Waals surface area (Å²) in [6.07, 6.45) is 0. The zero-order valence-electron chi connectivity index (χ0n) is 19.5. The van der Waals surface area contributed by atoms with Crippen LogP contribution in [0.5, 0.6) is 0 Å². The molecule has 3 aromatic rings. The first-order valence-corrected chi connectivity index (χ1v) is 11.8. The van der Waals surface area contributed by atoms with Gasteiger partial charge in [0, 0.05) is 32.7 Å². The number of hydrogen-bond donors (Lipinski definition) is 0. The van der Waals surface area contributed by atoms with E-state index in [9.17, 15) is 9.59 Å². The second-order valence-corrected chi connectivity index (χ2v) is 9.02. The third-order valence-electron chi connectivity index (χ3n) is 6.60. The summed E-state index contributed by atoms with van der Waals surface area (Å²) in [4.78, 5) is 33.1. The van der Waals surface area contributed by atoms with Crippen LogP contribution < -0.4 is 0 Å². The number of carbonyl (C=O) groups excluding carboxylic acids is 2. The molecular formula is C29H29N3O2. The second kappa shape index (κ2) is 9.65. The zero-order chi connectivity index (χ0) is 23.5.